The van der Waals surface area contributed by atoms with Crippen molar-refractivity contribution in [2.24, 2.45) is 0 Å². The van der Waals surface area contributed by atoms with Gasteiger partial charge in [0.2, 0.25) is 0 Å². The Morgan fingerprint density at radius 3 is 1.43 bits per heavy atom. The van der Waals surface area contributed by atoms with Crippen LogP contribution in [0.1, 0.15) is 97.8 Å². The molecule has 138 valence electrons. The maximum atomic E-state index is 11.4. The van der Waals surface area contributed by atoms with Crippen LogP contribution in [0.3, 0.4) is 0 Å². The highest BCUT2D eigenvalue weighted by Crippen LogP contribution is 2.31. The first-order valence-electron chi connectivity index (χ1n) is 9.33. The van der Waals surface area contributed by atoms with Crippen LogP contribution < -0.4 is 0 Å². The largest absolute Gasteiger partial charge is 0.347 e. The van der Waals surface area contributed by atoms with E-state index in [0.29, 0.717) is 18.6 Å². The lowest BCUT2D eigenvalue weighted by Gasteiger charge is -2.24. The molecule has 4 nitrogen and oxygen atoms in total. The summed E-state index contributed by atoms with van der Waals surface area (Å²) in [5, 5.41) is 0. The molecule has 5 heteroatoms. The number of carbonyl (C=O) groups excluding carboxylic acids is 2. The van der Waals surface area contributed by atoms with Crippen molar-refractivity contribution in [3.8, 4) is 0 Å². The zero-order valence-corrected chi connectivity index (χ0v) is 16.2. The number of carbonyl (C=O) groups is 2. The highest BCUT2D eigenvalue weighted by Gasteiger charge is 2.11. The zero-order valence-electron chi connectivity index (χ0n) is 15.3. The molecule has 0 saturated heterocycles. The van der Waals surface area contributed by atoms with Gasteiger partial charge in [-0.05, 0) is 6.42 Å². The number of hydrogen-bond donors (Lipinski definition) is 1. The van der Waals surface area contributed by atoms with E-state index in [2.05, 4.69) is 6.92 Å². The molecule has 0 rings (SSSR count). The van der Waals surface area contributed by atoms with Crippen LogP contribution in [0, 0.1) is 0 Å². The van der Waals surface area contributed by atoms with Crippen LogP contribution in [0.25, 0.3) is 0 Å². The molecule has 0 aliphatic heterocycles. The Bertz CT molecular complexity index is 289. The average Bonchev–Trinajstić information content (AvgIpc) is 2.55. The van der Waals surface area contributed by atoms with Crippen LogP contribution in [0.4, 0.5) is 0 Å². The van der Waals surface area contributed by atoms with Gasteiger partial charge in [0.05, 0.1) is 5.75 Å². The van der Waals surface area contributed by atoms with E-state index in [4.69, 9.17) is 8.37 Å². The maximum Gasteiger partial charge on any atom is 0.328 e. The van der Waals surface area contributed by atoms with Crippen LogP contribution in [-0.4, -0.2) is 17.7 Å². The van der Waals surface area contributed by atoms with E-state index in [1.807, 2.05) is 0 Å². The van der Waals surface area contributed by atoms with Gasteiger partial charge in [-0.3, -0.25) is 9.59 Å². The molecular formula is C18H36O4S. The van der Waals surface area contributed by atoms with E-state index in [9.17, 15) is 9.59 Å². The zero-order chi connectivity index (χ0) is 17.3. The molecule has 0 radical (unpaired) electrons. The van der Waals surface area contributed by atoms with Crippen molar-refractivity contribution in [3.63, 3.8) is 0 Å². The molecule has 0 spiro atoms. The van der Waals surface area contributed by atoms with Crippen molar-refractivity contribution in [2.75, 3.05) is 5.75 Å². The molecule has 0 saturated carbocycles. The van der Waals surface area contributed by atoms with E-state index in [1.165, 1.54) is 51.4 Å². The first-order chi connectivity index (χ1) is 11.1. The van der Waals surface area contributed by atoms with Gasteiger partial charge in [-0.25, -0.2) is 0 Å². The fourth-order valence-corrected chi connectivity index (χ4v) is 3.61. The van der Waals surface area contributed by atoms with E-state index in [-0.39, 0.29) is 11.9 Å². The minimum absolute atomic E-state index is 0.285. The highest BCUT2D eigenvalue weighted by molar-refractivity contribution is 8.09. The minimum atomic E-state index is -1.38. The third kappa shape index (κ3) is 14.6. The maximum absolute atomic E-state index is 11.4. The summed E-state index contributed by atoms with van der Waals surface area (Å²) in [6, 6.07) is 0. The normalized spacial score (nSPS) is 11.2. The van der Waals surface area contributed by atoms with Crippen LogP contribution in [0.5, 0.6) is 0 Å². The fourth-order valence-electron chi connectivity index (χ4n) is 2.19. The molecule has 0 amide bonds. The van der Waals surface area contributed by atoms with Crippen molar-refractivity contribution in [3.05, 3.63) is 0 Å². The third-order valence-corrected chi connectivity index (χ3v) is 5.17. The van der Waals surface area contributed by atoms with Gasteiger partial charge in [-0.15, -0.1) is 11.5 Å². The van der Waals surface area contributed by atoms with E-state index >= 15 is 0 Å². The molecular weight excluding hydrogens is 312 g/mol. The van der Waals surface area contributed by atoms with Crippen LogP contribution in [0.15, 0.2) is 0 Å². The lowest BCUT2D eigenvalue weighted by atomic mass is 10.1. The average molecular weight is 349 g/mol. The molecule has 0 aromatic heterocycles. The minimum Gasteiger partial charge on any atom is -0.347 e. The summed E-state index contributed by atoms with van der Waals surface area (Å²) in [6.45, 7) is 5.74. The van der Waals surface area contributed by atoms with E-state index < -0.39 is 11.5 Å². The molecule has 0 fully saturated rings. The smallest absolute Gasteiger partial charge is 0.328 e. The van der Waals surface area contributed by atoms with Crippen molar-refractivity contribution in [1.29, 1.82) is 0 Å². The highest BCUT2D eigenvalue weighted by atomic mass is 32.2. The topological polar surface area (TPSA) is 52.6 Å². The van der Waals surface area contributed by atoms with Gasteiger partial charge in [0.15, 0.2) is 0 Å². The summed E-state index contributed by atoms with van der Waals surface area (Å²) in [5.74, 6) is 0.0998. The summed E-state index contributed by atoms with van der Waals surface area (Å²) in [5.41, 5.74) is 0. The summed E-state index contributed by atoms with van der Waals surface area (Å²) in [6.07, 6.45) is 13.2. The molecule has 0 atom stereocenters. The predicted octanol–water partition coefficient (Wildman–Crippen LogP) is 5.64. The van der Waals surface area contributed by atoms with Crippen LogP contribution >= 0.6 is 11.5 Å². The Morgan fingerprint density at radius 1 is 0.652 bits per heavy atom. The fraction of sp³-hybridized carbons (Fsp3) is 0.889. The number of unbranched alkanes of at least 4 members (excludes halogenated alkanes) is 9. The van der Waals surface area contributed by atoms with Gasteiger partial charge in [0.25, 0.3) is 0 Å². The second kappa shape index (κ2) is 16.2. The van der Waals surface area contributed by atoms with Gasteiger partial charge >= 0.3 is 11.9 Å². The molecule has 23 heavy (non-hydrogen) atoms. The Morgan fingerprint density at radius 2 is 1.04 bits per heavy atom. The number of thiol groups is 1. The van der Waals surface area contributed by atoms with Crippen molar-refractivity contribution < 1.29 is 18.0 Å². The molecule has 0 aromatic rings. The summed E-state index contributed by atoms with van der Waals surface area (Å²) in [7, 11) is 0. The first-order valence-corrected chi connectivity index (χ1v) is 10.7. The van der Waals surface area contributed by atoms with Gasteiger partial charge in [0, 0.05) is 12.8 Å². The molecule has 0 N–H and O–H groups in total. The van der Waals surface area contributed by atoms with E-state index in [1.54, 1.807) is 13.8 Å². The second-order valence-electron chi connectivity index (χ2n) is 5.87. The SMILES string of the molecule is CCCCCCCCCCCC[SH](OC(=O)CC)OC(=O)CC. The monoisotopic (exact) mass is 348 g/mol. The Labute approximate surface area is 145 Å². The lowest BCUT2D eigenvalue weighted by Crippen LogP contribution is -2.09. The van der Waals surface area contributed by atoms with Crippen LogP contribution in [-0.2, 0) is 18.0 Å². The third-order valence-electron chi connectivity index (χ3n) is 3.68. The summed E-state index contributed by atoms with van der Waals surface area (Å²) >= 11 is -1.38. The van der Waals surface area contributed by atoms with E-state index in [0.717, 1.165) is 12.8 Å². The van der Waals surface area contributed by atoms with Gasteiger partial charge in [-0.2, -0.15) is 0 Å². The molecule has 0 heterocycles. The Balaban J connectivity index is 3.69. The molecule has 0 bridgehead atoms. The standard InChI is InChI=1S/C18H36O4S/c1-4-7-8-9-10-11-12-13-14-15-16-23(21-17(19)5-2)22-18(20)6-3/h23H,4-16H2,1-3H3. The number of hydrogen-bond acceptors (Lipinski definition) is 4. The molecule has 0 aromatic carbocycles. The van der Waals surface area contributed by atoms with Gasteiger partial charge in [0.1, 0.15) is 0 Å². The lowest BCUT2D eigenvalue weighted by molar-refractivity contribution is -0.136. The summed E-state index contributed by atoms with van der Waals surface area (Å²) < 4.78 is 10.5. The van der Waals surface area contributed by atoms with Crippen molar-refractivity contribution in [1.82, 2.24) is 0 Å². The van der Waals surface area contributed by atoms with Crippen molar-refractivity contribution >= 4 is 23.4 Å². The molecule has 0 unspecified atom stereocenters. The summed E-state index contributed by atoms with van der Waals surface area (Å²) in [4.78, 5) is 22.8. The van der Waals surface area contributed by atoms with Crippen LogP contribution in [0.2, 0.25) is 0 Å². The van der Waals surface area contributed by atoms with Gasteiger partial charge in [-0.1, -0.05) is 78.6 Å². The number of rotatable bonds is 15. The quantitative estimate of drug-likeness (QED) is 0.307. The first kappa shape index (κ1) is 22.3. The second-order valence-corrected chi connectivity index (χ2v) is 7.35. The van der Waals surface area contributed by atoms with Gasteiger partial charge < -0.3 is 8.37 Å². The predicted molar refractivity (Wildman–Crippen MR) is 98.5 cm³/mol. The Kier molecular flexibility index (Phi) is 15.7. The molecule has 0 aliphatic rings. The molecule has 0 aliphatic carbocycles. The van der Waals surface area contributed by atoms with Crippen molar-refractivity contribution in [2.45, 2.75) is 97.8 Å². The Hall–Kier alpha value is -0.710.